The van der Waals surface area contributed by atoms with Gasteiger partial charge in [-0.15, -0.1) is 11.3 Å². The molecule has 20 heavy (non-hydrogen) atoms. The third-order valence-corrected chi connectivity index (χ3v) is 4.43. The van der Waals surface area contributed by atoms with E-state index in [1.807, 2.05) is 24.4 Å². The van der Waals surface area contributed by atoms with Gasteiger partial charge < -0.3 is 5.32 Å². The second-order valence-electron chi connectivity index (χ2n) is 5.39. The Bertz CT molecular complexity index is 509. The predicted octanol–water partition coefficient (Wildman–Crippen LogP) is 4.12. The van der Waals surface area contributed by atoms with Gasteiger partial charge in [0.25, 0.3) is 0 Å². The van der Waals surface area contributed by atoms with Crippen molar-refractivity contribution in [1.29, 1.82) is 0 Å². The van der Waals surface area contributed by atoms with E-state index in [9.17, 15) is 0 Å². The first-order chi connectivity index (χ1) is 9.69. The van der Waals surface area contributed by atoms with E-state index in [2.05, 4.69) is 41.4 Å². The molecule has 108 valence electrons. The summed E-state index contributed by atoms with van der Waals surface area (Å²) >= 11 is 1.66. The maximum atomic E-state index is 4.65. The van der Waals surface area contributed by atoms with Crippen LogP contribution in [-0.2, 0) is 6.54 Å². The third kappa shape index (κ3) is 4.39. The van der Waals surface area contributed by atoms with Crippen LogP contribution in [0.2, 0.25) is 0 Å². The normalized spacial score (nSPS) is 14.2. The summed E-state index contributed by atoms with van der Waals surface area (Å²) in [6.45, 7) is 7.64. The Kier molecular flexibility index (Phi) is 5.68. The van der Waals surface area contributed by atoms with Crippen molar-refractivity contribution in [2.45, 2.75) is 46.2 Å². The number of nitrogens with one attached hydrogen (secondary N) is 1. The van der Waals surface area contributed by atoms with Crippen molar-refractivity contribution in [2.75, 3.05) is 0 Å². The van der Waals surface area contributed by atoms with Crippen LogP contribution in [0, 0.1) is 5.92 Å². The van der Waals surface area contributed by atoms with Gasteiger partial charge in [0.2, 0.25) is 0 Å². The number of thiazole rings is 1. The SMILES string of the molecule is CCC(C)CC(C)NCc1csc(-c2ccccn2)n1. The van der Waals surface area contributed by atoms with Crippen molar-refractivity contribution in [3.05, 3.63) is 35.5 Å². The Morgan fingerprint density at radius 3 is 2.85 bits per heavy atom. The number of hydrogen-bond acceptors (Lipinski definition) is 4. The molecule has 0 spiro atoms. The number of nitrogens with zero attached hydrogens (tertiary/aromatic N) is 2. The van der Waals surface area contributed by atoms with Crippen LogP contribution in [0.1, 0.15) is 39.3 Å². The van der Waals surface area contributed by atoms with E-state index in [-0.39, 0.29) is 0 Å². The molecule has 0 radical (unpaired) electrons. The molecule has 2 unspecified atom stereocenters. The van der Waals surface area contributed by atoms with Gasteiger partial charge in [-0.3, -0.25) is 4.98 Å². The average Bonchev–Trinajstić information content (AvgIpc) is 2.95. The summed E-state index contributed by atoms with van der Waals surface area (Å²) in [4.78, 5) is 8.98. The van der Waals surface area contributed by atoms with Crippen LogP contribution < -0.4 is 5.32 Å². The number of pyridine rings is 1. The Morgan fingerprint density at radius 1 is 1.30 bits per heavy atom. The van der Waals surface area contributed by atoms with Gasteiger partial charge in [-0.05, 0) is 31.4 Å². The maximum absolute atomic E-state index is 4.65. The monoisotopic (exact) mass is 289 g/mol. The molecule has 0 amide bonds. The van der Waals surface area contributed by atoms with Gasteiger partial charge in [0.15, 0.2) is 0 Å². The number of rotatable bonds is 7. The highest BCUT2D eigenvalue weighted by Crippen LogP contribution is 2.21. The molecule has 2 rings (SSSR count). The second-order valence-corrected chi connectivity index (χ2v) is 6.25. The molecule has 0 aliphatic heterocycles. The fourth-order valence-electron chi connectivity index (χ4n) is 2.13. The second kappa shape index (κ2) is 7.50. The molecule has 1 N–H and O–H groups in total. The first-order valence-electron chi connectivity index (χ1n) is 7.28. The minimum atomic E-state index is 0.532. The van der Waals surface area contributed by atoms with Crippen molar-refractivity contribution in [3.63, 3.8) is 0 Å². The van der Waals surface area contributed by atoms with E-state index in [0.29, 0.717) is 6.04 Å². The molecule has 0 saturated carbocycles. The highest BCUT2D eigenvalue weighted by atomic mass is 32.1. The third-order valence-electron chi connectivity index (χ3n) is 3.52. The van der Waals surface area contributed by atoms with E-state index >= 15 is 0 Å². The summed E-state index contributed by atoms with van der Waals surface area (Å²) < 4.78 is 0. The van der Waals surface area contributed by atoms with Gasteiger partial charge >= 0.3 is 0 Å². The van der Waals surface area contributed by atoms with Crippen LogP contribution in [0.15, 0.2) is 29.8 Å². The molecular weight excluding hydrogens is 266 g/mol. The van der Waals surface area contributed by atoms with Crippen molar-refractivity contribution in [2.24, 2.45) is 5.92 Å². The summed E-state index contributed by atoms with van der Waals surface area (Å²) in [6.07, 6.45) is 4.27. The Balaban J connectivity index is 1.87. The molecule has 0 aliphatic rings. The smallest absolute Gasteiger partial charge is 0.142 e. The highest BCUT2D eigenvalue weighted by Gasteiger charge is 2.09. The summed E-state index contributed by atoms with van der Waals surface area (Å²) in [7, 11) is 0. The molecule has 2 aromatic rings. The average molecular weight is 289 g/mol. The number of aromatic nitrogens is 2. The minimum absolute atomic E-state index is 0.532. The molecule has 0 bridgehead atoms. The largest absolute Gasteiger partial charge is 0.309 e. The molecule has 4 heteroatoms. The molecule has 0 aliphatic carbocycles. The molecule has 2 atom stereocenters. The van der Waals surface area contributed by atoms with Crippen LogP contribution in [-0.4, -0.2) is 16.0 Å². The van der Waals surface area contributed by atoms with E-state index in [4.69, 9.17) is 0 Å². The zero-order valence-corrected chi connectivity index (χ0v) is 13.3. The summed E-state index contributed by atoms with van der Waals surface area (Å²) in [5.41, 5.74) is 2.06. The van der Waals surface area contributed by atoms with Crippen LogP contribution in [0.3, 0.4) is 0 Å². The van der Waals surface area contributed by atoms with Gasteiger partial charge in [0.05, 0.1) is 11.4 Å². The summed E-state index contributed by atoms with van der Waals surface area (Å²) in [5.74, 6) is 0.775. The van der Waals surface area contributed by atoms with Gasteiger partial charge in [0.1, 0.15) is 5.01 Å². The van der Waals surface area contributed by atoms with Crippen molar-refractivity contribution in [3.8, 4) is 10.7 Å². The van der Waals surface area contributed by atoms with Crippen molar-refractivity contribution in [1.82, 2.24) is 15.3 Å². The molecule has 2 aromatic heterocycles. The lowest BCUT2D eigenvalue weighted by Gasteiger charge is -2.16. The molecule has 2 heterocycles. The van der Waals surface area contributed by atoms with Gasteiger partial charge in [-0.25, -0.2) is 4.98 Å². The van der Waals surface area contributed by atoms with E-state index in [0.717, 1.165) is 28.9 Å². The van der Waals surface area contributed by atoms with Crippen molar-refractivity contribution < 1.29 is 0 Å². The van der Waals surface area contributed by atoms with Crippen molar-refractivity contribution >= 4 is 11.3 Å². The molecule has 0 fully saturated rings. The predicted molar refractivity (Wildman–Crippen MR) is 85.7 cm³/mol. The van der Waals surface area contributed by atoms with Crippen LogP contribution in [0.4, 0.5) is 0 Å². The van der Waals surface area contributed by atoms with E-state index in [1.165, 1.54) is 12.8 Å². The topological polar surface area (TPSA) is 37.8 Å². The Labute approximate surface area is 125 Å². The van der Waals surface area contributed by atoms with Gasteiger partial charge in [-0.2, -0.15) is 0 Å². The quantitative estimate of drug-likeness (QED) is 0.833. The highest BCUT2D eigenvalue weighted by molar-refractivity contribution is 7.13. The first kappa shape index (κ1) is 15.1. The summed E-state index contributed by atoms with van der Waals surface area (Å²) in [6, 6.07) is 6.46. The number of hydrogen-bond donors (Lipinski definition) is 1. The first-order valence-corrected chi connectivity index (χ1v) is 8.16. The zero-order valence-electron chi connectivity index (χ0n) is 12.5. The zero-order chi connectivity index (χ0) is 14.4. The van der Waals surface area contributed by atoms with E-state index < -0.39 is 0 Å². The standard InChI is InChI=1S/C16H23N3S/c1-4-12(2)9-13(3)18-10-14-11-20-16(19-14)15-7-5-6-8-17-15/h5-8,11-13,18H,4,9-10H2,1-3H3. The molecule has 0 aromatic carbocycles. The lowest BCUT2D eigenvalue weighted by Crippen LogP contribution is -2.27. The van der Waals surface area contributed by atoms with Gasteiger partial charge in [-0.1, -0.05) is 26.3 Å². The van der Waals surface area contributed by atoms with Crippen LogP contribution in [0.25, 0.3) is 10.7 Å². The van der Waals surface area contributed by atoms with Gasteiger partial charge in [0, 0.05) is 24.2 Å². The fraction of sp³-hybridized carbons (Fsp3) is 0.500. The maximum Gasteiger partial charge on any atom is 0.142 e. The fourth-order valence-corrected chi connectivity index (χ4v) is 2.92. The molecule has 3 nitrogen and oxygen atoms in total. The van der Waals surface area contributed by atoms with Crippen LogP contribution in [0.5, 0.6) is 0 Å². The van der Waals surface area contributed by atoms with E-state index in [1.54, 1.807) is 11.3 Å². The lowest BCUT2D eigenvalue weighted by atomic mass is 10.0. The Morgan fingerprint density at radius 2 is 2.15 bits per heavy atom. The lowest BCUT2D eigenvalue weighted by molar-refractivity contribution is 0.411. The summed E-state index contributed by atoms with van der Waals surface area (Å²) in [5, 5.41) is 6.67. The van der Waals surface area contributed by atoms with Crippen LogP contribution >= 0.6 is 11.3 Å². The molecule has 0 saturated heterocycles. The molecular formula is C16H23N3S. The Hall–Kier alpha value is -1.26. The minimum Gasteiger partial charge on any atom is -0.309 e.